The standard InChI is InChI=1S/C32H34N6O3/c1-21-7-10-30(40-4)26(16-21)32(39)38-14-12-37(13-15-38)28(27-20-35-23(3)36-27)17-24-8-9-25(19-33)31(18-24)41-29-6-5-11-34-22(29)2/h5-11,16,18,20,28H,12-15,17H2,1-4H3,(H,35,36). The third-order valence-electron chi connectivity index (χ3n) is 7.48. The molecule has 41 heavy (non-hydrogen) atoms. The lowest BCUT2D eigenvalue weighted by Gasteiger charge is -2.39. The van der Waals surface area contributed by atoms with Crippen molar-refractivity contribution in [3.8, 4) is 23.3 Å². The predicted octanol–water partition coefficient (Wildman–Crippen LogP) is 5.14. The fraction of sp³-hybridized carbons (Fsp3) is 0.312. The zero-order valence-electron chi connectivity index (χ0n) is 23.8. The molecule has 210 valence electrons. The highest BCUT2D eigenvalue weighted by molar-refractivity contribution is 5.97. The van der Waals surface area contributed by atoms with Crippen molar-refractivity contribution >= 4 is 5.91 Å². The van der Waals surface area contributed by atoms with Crippen molar-refractivity contribution in [3.63, 3.8) is 0 Å². The Hall–Kier alpha value is -4.68. The average Bonchev–Trinajstić information content (AvgIpc) is 3.42. The van der Waals surface area contributed by atoms with Crippen LogP contribution in [0.15, 0.2) is 60.9 Å². The van der Waals surface area contributed by atoms with Gasteiger partial charge in [-0.25, -0.2) is 4.98 Å². The Labute approximate surface area is 240 Å². The molecule has 1 aliphatic heterocycles. The molecule has 9 nitrogen and oxygen atoms in total. The molecule has 1 unspecified atom stereocenters. The molecule has 1 saturated heterocycles. The molecule has 3 heterocycles. The first kappa shape index (κ1) is 27.9. The predicted molar refractivity (Wildman–Crippen MR) is 155 cm³/mol. The summed E-state index contributed by atoms with van der Waals surface area (Å²) in [4.78, 5) is 29.9. The highest BCUT2D eigenvalue weighted by atomic mass is 16.5. The second-order valence-corrected chi connectivity index (χ2v) is 10.3. The molecular formula is C32H34N6O3. The van der Waals surface area contributed by atoms with E-state index in [1.54, 1.807) is 19.4 Å². The molecule has 1 aliphatic rings. The number of ether oxygens (including phenoxy) is 2. The van der Waals surface area contributed by atoms with Crippen LogP contribution in [-0.2, 0) is 6.42 Å². The number of hydrogen-bond donors (Lipinski definition) is 1. The van der Waals surface area contributed by atoms with Crippen LogP contribution >= 0.6 is 0 Å². The van der Waals surface area contributed by atoms with E-state index >= 15 is 0 Å². The number of nitriles is 1. The van der Waals surface area contributed by atoms with Crippen molar-refractivity contribution in [3.05, 3.63) is 100 Å². The van der Waals surface area contributed by atoms with E-state index in [4.69, 9.17) is 9.47 Å². The van der Waals surface area contributed by atoms with Gasteiger partial charge in [0.05, 0.1) is 35.7 Å². The Morgan fingerprint density at radius 2 is 1.83 bits per heavy atom. The number of methoxy groups -OCH3 is 1. The van der Waals surface area contributed by atoms with Gasteiger partial charge in [0.2, 0.25) is 0 Å². The Morgan fingerprint density at radius 1 is 1.02 bits per heavy atom. The first-order valence-electron chi connectivity index (χ1n) is 13.7. The summed E-state index contributed by atoms with van der Waals surface area (Å²) in [6.07, 6.45) is 4.27. The summed E-state index contributed by atoms with van der Waals surface area (Å²) >= 11 is 0. The maximum absolute atomic E-state index is 13.4. The van der Waals surface area contributed by atoms with Crippen LogP contribution in [-0.4, -0.2) is 63.9 Å². The number of hydrogen-bond acceptors (Lipinski definition) is 7. The number of piperazine rings is 1. The van der Waals surface area contributed by atoms with Crippen LogP contribution in [0.2, 0.25) is 0 Å². The van der Waals surface area contributed by atoms with Gasteiger partial charge in [-0.1, -0.05) is 17.7 Å². The lowest BCUT2D eigenvalue weighted by molar-refractivity contribution is 0.0559. The number of amides is 1. The van der Waals surface area contributed by atoms with E-state index in [1.807, 2.05) is 74.3 Å². The summed E-state index contributed by atoms with van der Waals surface area (Å²) in [5.74, 6) is 2.55. The number of carbonyl (C=O) groups excluding carboxylic acids is 1. The van der Waals surface area contributed by atoms with E-state index in [0.717, 1.165) is 28.3 Å². The molecule has 1 N–H and O–H groups in total. The molecule has 4 aromatic rings. The highest BCUT2D eigenvalue weighted by Gasteiger charge is 2.30. The maximum Gasteiger partial charge on any atom is 0.257 e. The molecule has 0 aliphatic carbocycles. The number of nitrogens with one attached hydrogen (secondary N) is 1. The van der Waals surface area contributed by atoms with Gasteiger partial charge in [-0.05, 0) is 69.2 Å². The summed E-state index contributed by atoms with van der Waals surface area (Å²) in [7, 11) is 1.59. The molecule has 5 rings (SSSR count). The van der Waals surface area contributed by atoms with Crippen LogP contribution in [0, 0.1) is 32.1 Å². The molecule has 0 saturated carbocycles. The van der Waals surface area contributed by atoms with Gasteiger partial charge < -0.3 is 19.4 Å². The minimum atomic E-state index is -0.0151. The van der Waals surface area contributed by atoms with E-state index in [9.17, 15) is 10.1 Å². The normalized spacial score (nSPS) is 14.4. The van der Waals surface area contributed by atoms with Crippen LogP contribution in [0.3, 0.4) is 0 Å². The number of carbonyl (C=O) groups is 1. The maximum atomic E-state index is 13.4. The second kappa shape index (κ2) is 12.2. The van der Waals surface area contributed by atoms with Crippen LogP contribution in [0.5, 0.6) is 17.2 Å². The number of imidazole rings is 1. The van der Waals surface area contributed by atoms with E-state index in [-0.39, 0.29) is 11.9 Å². The van der Waals surface area contributed by atoms with Crippen LogP contribution in [0.1, 0.15) is 50.3 Å². The average molecular weight is 551 g/mol. The van der Waals surface area contributed by atoms with Gasteiger partial charge in [-0.3, -0.25) is 14.7 Å². The quantitative estimate of drug-likeness (QED) is 0.324. The molecule has 2 aromatic heterocycles. The van der Waals surface area contributed by atoms with Gasteiger partial charge in [-0.2, -0.15) is 5.26 Å². The van der Waals surface area contributed by atoms with Crippen molar-refractivity contribution in [2.45, 2.75) is 33.2 Å². The summed E-state index contributed by atoms with van der Waals surface area (Å²) in [6, 6.07) is 17.3. The van der Waals surface area contributed by atoms with Crippen molar-refractivity contribution in [2.75, 3.05) is 33.3 Å². The number of pyridine rings is 1. The molecule has 1 fully saturated rings. The van der Waals surface area contributed by atoms with Crippen LogP contribution < -0.4 is 9.47 Å². The summed E-state index contributed by atoms with van der Waals surface area (Å²) < 4.78 is 11.6. The molecule has 9 heteroatoms. The van der Waals surface area contributed by atoms with E-state index in [2.05, 4.69) is 25.9 Å². The minimum Gasteiger partial charge on any atom is -0.496 e. The molecule has 2 aromatic carbocycles. The molecule has 1 atom stereocenters. The zero-order valence-corrected chi connectivity index (χ0v) is 23.8. The van der Waals surface area contributed by atoms with Crippen LogP contribution in [0.4, 0.5) is 0 Å². The summed E-state index contributed by atoms with van der Waals surface area (Å²) in [5, 5.41) is 9.72. The lowest BCUT2D eigenvalue weighted by atomic mass is 9.99. The monoisotopic (exact) mass is 550 g/mol. The number of aromatic nitrogens is 3. The SMILES string of the molecule is COc1ccc(C)cc1C(=O)N1CCN(C(Cc2ccc(C#N)c(Oc3cccnc3C)c2)c2cnc(C)[nH]2)CC1. The molecule has 0 bridgehead atoms. The fourth-order valence-corrected chi connectivity index (χ4v) is 5.23. The van der Waals surface area contributed by atoms with Gasteiger partial charge in [0.1, 0.15) is 29.1 Å². The van der Waals surface area contributed by atoms with E-state index < -0.39 is 0 Å². The minimum absolute atomic E-state index is 0.00266. The van der Waals surface area contributed by atoms with E-state index in [1.165, 1.54) is 0 Å². The number of aryl methyl sites for hydroxylation is 3. The number of aromatic amines is 1. The Kier molecular flexibility index (Phi) is 8.31. The largest absolute Gasteiger partial charge is 0.496 e. The zero-order chi connectivity index (χ0) is 28.9. The Balaban J connectivity index is 1.36. The number of rotatable bonds is 8. The lowest BCUT2D eigenvalue weighted by Crippen LogP contribution is -2.50. The Morgan fingerprint density at radius 3 is 2.51 bits per heavy atom. The van der Waals surface area contributed by atoms with Crippen molar-refractivity contribution < 1.29 is 14.3 Å². The summed E-state index contributed by atoms with van der Waals surface area (Å²) in [5.41, 5.74) is 4.87. The van der Waals surface area contributed by atoms with Crippen molar-refractivity contribution in [2.24, 2.45) is 0 Å². The third-order valence-corrected chi connectivity index (χ3v) is 7.48. The number of benzene rings is 2. The highest BCUT2D eigenvalue weighted by Crippen LogP contribution is 2.32. The smallest absolute Gasteiger partial charge is 0.257 e. The number of nitrogens with zero attached hydrogens (tertiary/aromatic N) is 5. The molecule has 0 radical (unpaired) electrons. The first-order valence-corrected chi connectivity index (χ1v) is 13.7. The number of H-pyrrole nitrogens is 1. The van der Waals surface area contributed by atoms with Crippen LogP contribution in [0.25, 0.3) is 0 Å². The second-order valence-electron chi connectivity index (χ2n) is 10.3. The molecular weight excluding hydrogens is 516 g/mol. The van der Waals surface area contributed by atoms with Crippen molar-refractivity contribution in [1.29, 1.82) is 5.26 Å². The van der Waals surface area contributed by atoms with Gasteiger partial charge >= 0.3 is 0 Å². The third kappa shape index (κ3) is 6.23. The topological polar surface area (TPSA) is 107 Å². The fourth-order valence-electron chi connectivity index (χ4n) is 5.23. The van der Waals surface area contributed by atoms with Gasteiger partial charge in [-0.15, -0.1) is 0 Å². The Bertz CT molecular complexity index is 1580. The van der Waals surface area contributed by atoms with Gasteiger partial charge in [0.25, 0.3) is 5.91 Å². The summed E-state index contributed by atoms with van der Waals surface area (Å²) in [6.45, 7) is 8.40. The molecule has 0 spiro atoms. The van der Waals surface area contributed by atoms with Gasteiger partial charge in [0, 0.05) is 38.6 Å². The van der Waals surface area contributed by atoms with Gasteiger partial charge in [0.15, 0.2) is 0 Å². The van der Waals surface area contributed by atoms with Crippen molar-refractivity contribution in [1.82, 2.24) is 24.8 Å². The first-order chi connectivity index (χ1) is 19.9. The van der Waals surface area contributed by atoms with E-state index in [0.29, 0.717) is 61.0 Å². The molecule has 1 amide bonds.